The van der Waals surface area contributed by atoms with Crippen molar-refractivity contribution in [1.29, 1.82) is 0 Å². The largest absolute Gasteiger partial charge is 0.355 e. The average molecular weight is 580 g/mol. The number of hydrogen-bond donors (Lipinski definition) is 1. The highest BCUT2D eigenvalue weighted by Gasteiger charge is 2.50. The summed E-state index contributed by atoms with van der Waals surface area (Å²) in [6.07, 6.45) is 2.19. The van der Waals surface area contributed by atoms with E-state index < -0.39 is 21.0 Å². The highest BCUT2D eigenvalue weighted by Crippen LogP contribution is 2.68. The van der Waals surface area contributed by atoms with Crippen LogP contribution in [0.4, 0.5) is 0 Å². The molecule has 204 valence electrons. The van der Waals surface area contributed by atoms with E-state index in [0.717, 1.165) is 21.7 Å². The third-order valence-corrected chi connectivity index (χ3v) is 14.0. The lowest BCUT2D eigenvalue weighted by atomic mass is 10.2. The Morgan fingerprint density at radius 1 is 0.476 bits per heavy atom. The van der Waals surface area contributed by atoms with Crippen LogP contribution >= 0.6 is 15.2 Å². The number of hydrogen-bond acceptors (Lipinski definition) is 1. The summed E-state index contributed by atoms with van der Waals surface area (Å²) in [6, 6.07) is 61.5. The molecular formula is C39H33OP2+. The van der Waals surface area contributed by atoms with Crippen molar-refractivity contribution in [3.8, 4) is 0 Å². The predicted molar refractivity (Wildman–Crippen MR) is 185 cm³/mol. The van der Waals surface area contributed by atoms with Crippen molar-refractivity contribution in [2.45, 2.75) is 5.85 Å². The summed E-state index contributed by atoms with van der Waals surface area (Å²) >= 11 is 0. The Bertz CT molecular complexity index is 1640. The van der Waals surface area contributed by atoms with Crippen LogP contribution in [0.25, 0.3) is 6.08 Å². The Morgan fingerprint density at radius 2 is 0.881 bits per heavy atom. The minimum atomic E-state index is -2.54. The van der Waals surface area contributed by atoms with Crippen LogP contribution in [0.3, 0.4) is 0 Å². The molecule has 1 atom stereocenters. The second-order valence-electron chi connectivity index (χ2n) is 10.1. The zero-order chi connectivity index (χ0) is 28.6. The summed E-state index contributed by atoms with van der Waals surface area (Å²) in [4.78, 5) is 0. The van der Waals surface area contributed by atoms with Gasteiger partial charge in [0, 0.05) is 5.56 Å². The monoisotopic (exact) mass is 579 g/mol. The fourth-order valence-electron chi connectivity index (χ4n) is 5.51. The molecule has 1 nitrogen and oxygen atoms in total. The Morgan fingerprint density at radius 3 is 1.38 bits per heavy atom. The van der Waals surface area contributed by atoms with Gasteiger partial charge in [0.05, 0.1) is 5.82 Å². The highest BCUT2D eigenvalue weighted by atomic mass is 31.2. The molecule has 0 saturated carbocycles. The minimum Gasteiger partial charge on any atom is -0.355 e. The van der Waals surface area contributed by atoms with Gasteiger partial charge < -0.3 is 5.11 Å². The van der Waals surface area contributed by atoms with Crippen LogP contribution in [0.5, 0.6) is 0 Å². The van der Waals surface area contributed by atoms with Gasteiger partial charge in [-0.15, -0.1) is 0 Å². The van der Waals surface area contributed by atoms with E-state index in [4.69, 9.17) is 0 Å². The van der Waals surface area contributed by atoms with Crippen LogP contribution in [0.15, 0.2) is 182 Å². The van der Waals surface area contributed by atoms with Crippen molar-refractivity contribution in [2.75, 3.05) is 0 Å². The molecule has 6 aromatic rings. The Hall–Kier alpha value is -4.12. The lowest BCUT2D eigenvalue weighted by molar-refractivity contribution is 0.265. The third kappa shape index (κ3) is 5.78. The van der Waals surface area contributed by atoms with Crippen molar-refractivity contribution >= 4 is 47.8 Å². The van der Waals surface area contributed by atoms with E-state index in [1.807, 2.05) is 6.07 Å². The molecule has 0 fully saturated rings. The van der Waals surface area contributed by atoms with E-state index in [0.29, 0.717) is 0 Å². The lowest BCUT2D eigenvalue weighted by Gasteiger charge is -2.31. The van der Waals surface area contributed by atoms with Gasteiger partial charge in [-0.3, -0.25) is 0 Å². The molecule has 6 aromatic carbocycles. The Balaban J connectivity index is 1.60. The van der Waals surface area contributed by atoms with E-state index in [1.54, 1.807) is 0 Å². The van der Waals surface area contributed by atoms with Crippen LogP contribution in [-0.2, 0) is 0 Å². The van der Waals surface area contributed by atoms with Gasteiger partial charge >= 0.3 is 0 Å². The molecule has 0 amide bonds. The average Bonchev–Trinajstić information content (AvgIpc) is 3.08. The molecule has 0 aliphatic heterocycles. The molecule has 0 aromatic heterocycles. The molecule has 0 aliphatic carbocycles. The molecule has 0 saturated heterocycles. The highest BCUT2D eigenvalue weighted by molar-refractivity contribution is 7.92. The molecule has 3 heteroatoms. The van der Waals surface area contributed by atoms with Gasteiger partial charge in [-0.1, -0.05) is 152 Å². The van der Waals surface area contributed by atoms with Crippen molar-refractivity contribution < 1.29 is 5.11 Å². The van der Waals surface area contributed by atoms with Gasteiger partial charge in [-0.05, 0) is 59.7 Å². The Kier molecular flexibility index (Phi) is 8.83. The van der Waals surface area contributed by atoms with Gasteiger partial charge in [0.2, 0.25) is 5.85 Å². The van der Waals surface area contributed by atoms with Gasteiger partial charge in [0.15, 0.2) is 0 Å². The molecule has 1 unspecified atom stereocenters. The van der Waals surface area contributed by atoms with Crippen LogP contribution in [0.2, 0.25) is 0 Å². The van der Waals surface area contributed by atoms with E-state index in [2.05, 4.69) is 182 Å². The Labute approximate surface area is 251 Å². The van der Waals surface area contributed by atoms with Crippen molar-refractivity contribution in [1.82, 2.24) is 0 Å². The first-order valence-electron chi connectivity index (χ1n) is 14.2. The second-order valence-corrected chi connectivity index (χ2v) is 15.7. The molecule has 42 heavy (non-hydrogen) atoms. The van der Waals surface area contributed by atoms with Crippen molar-refractivity contribution in [2.24, 2.45) is 0 Å². The normalized spacial score (nSPS) is 12.4. The zero-order valence-electron chi connectivity index (χ0n) is 23.3. The van der Waals surface area contributed by atoms with Crippen LogP contribution in [0, 0.1) is 0 Å². The topological polar surface area (TPSA) is 20.2 Å². The van der Waals surface area contributed by atoms with Crippen molar-refractivity contribution in [3.05, 3.63) is 193 Å². The van der Waals surface area contributed by atoms with Crippen LogP contribution in [0.1, 0.15) is 17.0 Å². The molecule has 0 aliphatic rings. The molecule has 0 heterocycles. The maximum atomic E-state index is 12.9. The summed E-state index contributed by atoms with van der Waals surface area (Å²) in [5.74, 6) is 1.55. The van der Waals surface area contributed by atoms with Gasteiger partial charge in [0.25, 0.3) is 0 Å². The first-order chi connectivity index (χ1) is 20.8. The maximum Gasteiger partial charge on any atom is 0.204 e. The van der Waals surface area contributed by atoms with E-state index in [9.17, 15) is 5.11 Å². The summed E-state index contributed by atoms with van der Waals surface area (Å²) < 4.78 is 0. The number of aliphatic hydroxyl groups excluding tert-OH is 1. The number of aliphatic hydroxyl groups is 1. The van der Waals surface area contributed by atoms with Crippen molar-refractivity contribution in [3.63, 3.8) is 0 Å². The smallest absolute Gasteiger partial charge is 0.204 e. The number of rotatable bonds is 9. The molecule has 0 spiro atoms. The predicted octanol–water partition coefficient (Wildman–Crippen LogP) is 7.78. The molecule has 1 N–H and O–H groups in total. The summed E-state index contributed by atoms with van der Waals surface area (Å²) in [5.41, 5.74) is 2.10. The first-order valence-corrected chi connectivity index (χ1v) is 17.5. The van der Waals surface area contributed by atoms with E-state index in [-0.39, 0.29) is 0 Å². The third-order valence-electron chi connectivity index (χ3n) is 7.54. The lowest BCUT2D eigenvalue weighted by Crippen LogP contribution is -2.30. The molecule has 0 bridgehead atoms. The molecular weight excluding hydrogens is 546 g/mol. The standard InChI is InChI=1S/C39H33OP2/c40-39(37-28-16-17-29-38(37)41(33-20-8-2-9-21-33)34-22-10-3-11-23-34)42(35-24-12-4-13-25-35,36-26-14-5-15-27-36)31-30-32-18-6-1-7-19-32/h1-31,39-40H/q+1/b31-30+. The summed E-state index contributed by atoms with van der Waals surface area (Å²) in [6.45, 7) is 0. The SMILES string of the molecule is OC(c1ccccc1P(c1ccccc1)c1ccccc1)[P+](/C=C/c1ccccc1)(c1ccccc1)c1ccccc1. The van der Waals surface area contributed by atoms with Crippen LogP contribution < -0.4 is 26.5 Å². The first kappa shape index (κ1) is 28.0. The van der Waals surface area contributed by atoms with Gasteiger partial charge in [-0.25, -0.2) is 0 Å². The number of benzene rings is 6. The maximum absolute atomic E-state index is 12.9. The summed E-state index contributed by atoms with van der Waals surface area (Å²) in [7, 11) is -3.45. The second kappa shape index (κ2) is 13.2. The van der Waals surface area contributed by atoms with Gasteiger partial charge in [0.1, 0.15) is 17.9 Å². The van der Waals surface area contributed by atoms with E-state index in [1.165, 1.54) is 15.9 Å². The van der Waals surface area contributed by atoms with Crippen LogP contribution in [-0.4, -0.2) is 5.11 Å². The van der Waals surface area contributed by atoms with E-state index >= 15 is 0 Å². The summed E-state index contributed by atoms with van der Waals surface area (Å²) in [5, 5.41) is 19.0. The molecule has 0 radical (unpaired) electrons. The minimum absolute atomic E-state index is 0.754. The zero-order valence-corrected chi connectivity index (χ0v) is 25.1. The fourth-order valence-corrected chi connectivity index (χ4v) is 11.9. The molecule has 6 rings (SSSR count). The van der Waals surface area contributed by atoms with Gasteiger partial charge in [-0.2, -0.15) is 0 Å². The quantitative estimate of drug-likeness (QED) is 0.174. The fraction of sp³-hybridized carbons (Fsp3) is 0.0256.